The van der Waals surface area contributed by atoms with Gasteiger partial charge in [-0.2, -0.15) is 0 Å². The van der Waals surface area contributed by atoms with Gasteiger partial charge in [0, 0.05) is 44.8 Å². The Morgan fingerprint density at radius 2 is 1.74 bits per heavy atom. The van der Waals surface area contributed by atoms with E-state index in [0.29, 0.717) is 0 Å². The van der Waals surface area contributed by atoms with Crippen molar-refractivity contribution >= 4 is 0 Å². The van der Waals surface area contributed by atoms with Gasteiger partial charge in [0.1, 0.15) is 5.76 Å². The van der Waals surface area contributed by atoms with E-state index < -0.39 is 5.60 Å². The third kappa shape index (κ3) is 4.14. The van der Waals surface area contributed by atoms with E-state index in [9.17, 15) is 5.11 Å². The van der Waals surface area contributed by atoms with E-state index >= 15 is 0 Å². The number of hydrogen-bond acceptors (Lipinski definition) is 5. The largest absolute Gasteiger partial charge is 0.389 e. The fraction of sp³-hybridized carbons (Fsp3) is 0.833. The van der Waals surface area contributed by atoms with Crippen LogP contribution in [-0.4, -0.2) is 58.4 Å². The van der Waals surface area contributed by atoms with Crippen molar-refractivity contribution in [2.75, 3.05) is 32.7 Å². The summed E-state index contributed by atoms with van der Waals surface area (Å²) in [5.41, 5.74) is 1.80. The summed E-state index contributed by atoms with van der Waals surface area (Å²) < 4.78 is 5.26. The van der Waals surface area contributed by atoms with Crippen LogP contribution in [0.25, 0.3) is 0 Å². The number of β-amino-alcohol motifs (C(OH)–C–C–N with tert-alkyl or cyclic N) is 1. The van der Waals surface area contributed by atoms with Gasteiger partial charge in [-0.3, -0.25) is 9.80 Å². The number of rotatable bonds is 4. The molecule has 2 heterocycles. The molecule has 0 unspecified atom stereocenters. The molecule has 0 radical (unpaired) electrons. The summed E-state index contributed by atoms with van der Waals surface area (Å²) in [6, 6.07) is 0. The monoisotopic (exact) mass is 321 g/mol. The van der Waals surface area contributed by atoms with Crippen LogP contribution in [0.3, 0.4) is 0 Å². The Bertz CT molecular complexity index is 493. The van der Waals surface area contributed by atoms with Gasteiger partial charge in [-0.25, -0.2) is 0 Å². The van der Waals surface area contributed by atoms with Crippen LogP contribution >= 0.6 is 0 Å². The zero-order valence-electron chi connectivity index (χ0n) is 14.8. The Hall–Kier alpha value is -0.910. The van der Waals surface area contributed by atoms with E-state index in [1.54, 1.807) is 0 Å². The molecule has 0 bridgehead atoms. The van der Waals surface area contributed by atoms with Gasteiger partial charge in [0.2, 0.25) is 0 Å². The highest BCUT2D eigenvalue weighted by atomic mass is 16.5. The summed E-state index contributed by atoms with van der Waals surface area (Å²) in [6.45, 7) is 12.3. The number of hydrogen-bond donors (Lipinski definition) is 1. The van der Waals surface area contributed by atoms with E-state index in [4.69, 9.17) is 4.52 Å². The van der Waals surface area contributed by atoms with E-state index in [1.807, 2.05) is 13.8 Å². The zero-order chi connectivity index (χ0) is 16.4. The lowest BCUT2D eigenvalue weighted by Crippen LogP contribution is -2.52. The number of aliphatic hydroxyl groups is 1. The first-order valence-electron chi connectivity index (χ1n) is 9.04. The summed E-state index contributed by atoms with van der Waals surface area (Å²) in [5, 5.41) is 14.9. The Labute approximate surface area is 139 Å². The highest BCUT2D eigenvalue weighted by Gasteiger charge is 2.34. The normalized spacial score (nSPS) is 30.7. The van der Waals surface area contributed by atoms with E-state index in [-0.39, 0.29) is 0 Å². The van der Waals surface area contributed by atoms with Crippen LogP contribution in [0.5, 0.6) is 0 Å². The van der Waals surface area contributed by atoms with Gasteiger partial charge in [-0.1, -0.05) is 12.1 Å². The van der Waals surface area contributed by atoms with Crippen molar-refractivity contribution in [3.63, 3.8) is 0 Å². The molecule has 3 rings (SSSR count). The molecule has 2 aliphatic rings. The maximum Gasteiger partial charge on any atom is 0.138 e. The van der Waals surface area contributed by atoms with Gasteiger partial charge >= 0.3 is 0 Å². The lowest BCUT2D eigenvalue weighted by molar-refractivity contribution is -0.0437. The SMILES string of the molecule is Cc1noc(C)c1CN1CCN(CC2(O)CCC(C)CC2)CC1. The second-order valence-electron chi connectivity index (χ2n) is 7.76. The summed E-state index contributed by atoms with van der Waals surface area (Å²) in [7, 11) is 0. The molecule has 130 valence electrons. The minimum absolute atomic E-state index is 0.448. The number of piperazine rings is 1. The van der Waals surface area contributed by atoms with Crippen molar-refractivity contribution in [1.82, 2.24) is 15.0 Å². The quantitative estimate of drug-likeness (QED) is 0.922. The van der Waals surface area contributed by atoms with Crippen molar-refractivity contribution in [1.29, 1.82) is 0 Å². The molecular weight excluding hydrogens is 290 g/mol. The van der Waals surface area contributed by atoms with Crippen LogP contribution < -0.4 is 0 Å². The third-order valence-corrected chi connectivity index (χ3v) is 5.75. The van der Waals surface area contributed by atoms with Crippen molar-refractivity contribution in [2.24, 2.45) is 5.92 Å². The van der Waals surface area contributed by atoms with Gasteiger partial charge < -0.3 is 9.63 Å². The van der Waals surface area contributed by atoms with Crippen LogP contribution in [0, 0.1) is 19.8 Å². The topological polar surface area (TPSA) is 52.7 Å². The Kier molecular flexibility index (Phi) is 5.09. The second kappa shape index (κ2) is 6.91. The average Bonchev–Trinajstić information content (AvgIpc) is 2.84. The molecule has 1 aromatic rings. The molecule has 1 aromatic heterocycles. The number of aryl methyl sites for hydroxylation is 2. The number of aromatic nitrogens is 1. The minimum atomic E-state index is -0.448. The van der Waals surface area contributed by atoms with Gasteiger partial charge in [0.05, 0.1) is 11.3 Å². The molecule has 1 aliphatic carbocycles. The molecule has 0 aromatic carbocycles. The predicted octanol–water partition coefficient (Wildman–Crippen LogP) is 2.35. The molecule has 5 heteroatoms. The van der Waals surface area contributed by atoms with Gasteiger partial charge in [-0.15, -0.1) is 0 Å². The molecule has 1 N–H and O–H groups in total. The first-order chi connectivity index (χ1) is 11.0. The van der Waals surface area contributed by atoms with Crippen LogP contribution in [0.4, 0.5) is 0 Å². The summed E-state index contributed by atoms with van der Waals surface area (Å²) in [4.78, 5) is 4.91. The van der Waals surface area contributed by atoms with Crippen molar-refractivity contribution in [3.05, 3.63) is 17.0 Å². The van der Waals surface area contributed by atoms with Crippen molar-refractivity contribution < 1.29 is 9.63 Å². The van der Waals surface area contributed by atoms with Crippen LogP contribution in [0.2, 0.25) is 0 Å². The molecule has 1 aliphatic heterocycles. The van der Waals surface area contributed by atoms with Gasteiger partial charge in [0.15, 0.2) is 0 Å². The highest BCUT2D eigenvalue weighted by molar-refractivity contribution is 5.20. The molecular formula is C18H31N3O2. The molecule has 23 heavy (non-hydrogen) atoms. The Morgan fingerprint density at radius 3 is 2.30 bits per heavy atom. The fourth-order valence-electron chi connectivity index (χ4n) is 3.93. The van der Waals surface area contributed by atoms with Crippen molar-refractivity contribution in [3.8, 4) is 0 Å². The minimum Gasteiger partial charge on any atom is -0.389 e. The summed E-state index contributed by atoms with van der Waals surface area (Å²) >= 11 is 0. The molecule has 2 fully saturated rings. The smallest absolute Gasteiger partial charge is 0.138 e. The average molecular weight is 321 g/mol. The second-order valence-corrected chi connectivity index (χ2v) is 7.76. The summed E-state index contributed by atoms with van der Waals surface area (Å²) in [6.07, 6.45) is 4.27. The molecule has 5 nitrogen and oxygen atoms in total. The number of nitrogens with zero attached hydrogens (tertiary/aromatic N) is 3. The lowest BCUT2D eigenvalue weighted by atomic mass is 9.79. The van der Waals surface area contributed by atoms with Gasteiger partial charge in [0.25, 0.3) is 0 Å². The lowest BCUT2D eigenvalue weighted by Gasteiger charge is -2.42. The van der Waals surface area contributed by atoms with E-state index in [0.717, 1.165) is 69.5 Å². The van der Waals surface area contributed by atoms with Crippen LogP contribution in [0.15, 0.2) is 4.52 Å². The highest BCUT2D eigenvalue weighted by Crippen LogP contribution is 2.32. The maximum atomic E-state index is 10.8. The first-order valence-corrected chi connectivity index (χ1v) is 9.04. The van der Waals surface area contributed by atoms with Crippen LogP contribution in [0.1, 0.15) is 49.6 Å². The standard InChI is InChI=1S/C18H31N3O2/c1-14-4-6-18(22,7-5-14)13-21-10-8-20(9-11-21)12-17-15(2)19-23-16(17)3/h14,22H,4-13H2,1-3H3. The molecule has 0 spiro atoms. The fourth-order valence-corrected chi connectivity index (χ4v) is 3.93. The van der Waals surface area contributed by atoms with Crippen molar-refractivity contribution in [2.45, 2.75) is 58.6 Å². The summed E-state index contributed by atoms with van der Waals surface area (Å²) in [5.74, 6) is 1.72. The van der Waals surface area contributed by atoms with Crippen LogP contribution in [-0.2, 0) is 6.54 Å². The molecule has 0 atom stereocenters. The van der Waals surface area contributed by atoms with E-state index in [1.165, 1.54) is 18.4 Å². The Morgan fingerprint density at radius 1 is 1.13 bits per heavy atom. The molecule has 0 amide bonds. The third-order valence-electron chi connectivity index (χ3n) is 5.75. The van der Waals surface area contributed by atoms with E-state index in [2.05, 4.69) is 21.9 Å². The predicted molar refractivity (Wildman–Crippen MR) is 90.3 cm³/mol. The van der Waals surface area contributed by atoms with Gasteiger partial charge in [-0.05, 0) is 45.4 Å². The first kappa shape index (κ1) is 16.9. The molecule has 1 saturated heterocycles. The Balaban J connectivity index is 1.47. The maximum absolute atomic E-state index is 10.8. The molecule has 1 saturated carbocycles. The zero-order valence-corrected chi connectivity index (χ0v) is 14.8.